The van der Waals surface area contributed by atoms with E-state index in [0.29, 0.717) is 5.92 Å². The number of rotatable bonds is 3. The molecule has 1 saturated carbocycles. The number of nitrogens with zero attached hydrogens (tertiary/aromatic N) is 1. The Kier molecular flexibility index (Phi) is 3.79. The quantitative estimate of drug-likeness (QED) is 0.732. The zero-order valence-corrected chi connectivity index (χ0v) is 8.82. The Bertz CT molecular complexity index is 169. The van der Waals surface area contributed by atoms with Crippen LogP contribution < -0.4 is 0 Å². The van der Waals surface area contributed by atoms with Crippen molar-refractivity contribution >= 4 is 0 Å². The molecule has 14 heavy (non-hydrogen) atoms. The van der Waals surface area contributed by atoms with Crippen LogP contribution in [0.1, 0.15) is 25.7 Å². The minimum atomic E-state index is -0.0176. The van der Waals surface area contributed by atoms with Crippen molar-refractivity contribution in [3.63, 3.8) is 0 Å². The summed E-state index contributed by atoms with van der Waals surface area (Å²) in [6.07, 6.45) is 4.62. The lowest BCUT2D eigenvalue weighted by atomic mass is 10.0. The Morgan fingerprint density at radius 1 is 1.21 bits per heavy atom. The van der Waals surface area contributed by atoms with Crippen molar-refractivity contribution in [2.24, 2.45) is 5.92 Å². The van der Waals surface area contributed by atoms with E-state index < -0.39 is 0 Å². The van der Waals surface area contributed by atoms with E-state index in [0.717, 1.165) is 39.3 Å². The molecule has 0 radical (unpaired) electrons. The molecule has 0 amide bonds. The van der Waals surface area contributed by atoms with Gasteiger partial charge in [-0.05, 0) is 31.7 Å². The van der Waals surface area contributed by atoms with Gasteiger partial charge in [0, 0.05) is 13.1 Å². The minimum Gasteiger partial charge on any atom is -0.393 e. The molecule has 2 atom stereocenters. The normalized spacial score (nSPS) is 34.9. The molecule has 1 aliphatic carbocycles. The Morgan fingerprint density at radius 3 is 2.64 bits per heavy atom. The van der Waals surface area contributed by atoms with Gasteiger partial charge in [0.15, 0.2) is 0 Å². The Morgan fingerprint density at radius 2 is 2.00 bits per heavy atom. The van der Waals surface area contributed by atoms with E-state index in [1.54, 1.807) is 0 Å². The van der Waals surface area contributed by atoms with Gasteiger partial charge in [-0.1, -0.05) is 6.42 Å². The molecule has 0 aromatic rings. The van der Waals surface area contributed by atoms with E-state index in [1.807, 2.05) is 0 Å². The smallest absolute Gasteiger partial charge is 0.0594 e. The minimum absolute atomic E-state index is 0.0176. The van der Waals surface area contributed by atoms with Crippen molar-refractivity contribution in [2.45, 2.75) is 31.8 Å². The van der Waals surface area contributed by atoms with Crippen LogP contribution in [0.2, 0.25) is 0 Å². The summed E-state index contributed by atoms with van der Waals surface area (Å²) in [6, 6.07) is 0. The monoisotopic (exact) mass is 199 g/mol. The average molecular weight is 199 g/mol. The maximum atomic E-state index is 9.68. The molecule has 1 heterocycles. The van der Waals surface area contributed by atoms with Crippen LogP contribution in [0.4, 0.5) is 0 Å². The predicted octanol–water partition coefficient (Wildman–Crippen LogP) is 0.870. The largest absolute Gasteiger partial charge is 0.393 e. The van der Waals surface area contributed by atoms with Crippen LogP contribution in [0.3, 0.4) is 0 Å². The van der Waals surface area contributed by atoms with E-state index in [2.05, 4.69) is 4.90 Å². The van der Waals surface area contributed by atoms with Crippen molar-refractivity contribution in [2.75, 3.05) is 32.8 Å². The molecule has 1 N–H and O–H groups in total. The second-order valence-corrected chi connectivity index (χ2v) is 4.50. The van der Waals surface area contributed by atoms with Crippen LogP contribution in [0.5, 0.6) is 0 Å². The topological polar surface area (TPSA) is 32.7 Å². The molecule has 2 unspecified atom stereocenters. The summed E-state index contributed by atoms with van der Waals surface area (Å²) in [4.78, 5) is 2.45. The maximum absolute atomic E-state index is 9.68. The fraction of sp³-hybridized carbons (Fsp3) is 1.00. The van der Waals surface area contributed by atoms with Gasteiger partial charge in [-0.25, -0.2) is 0 Å². The van der Waals surface area contributed by atoms with Crippen molar-refractivity contribution in [1.29, 1.82) is 0 Å². The predicted molar refractivity (Wildman–Crippen MR) is 55.2 cm³/mol. The lowest BCUT2D eigenvalue weighted by molar-refractivity contribution is 0.0314. The highest BCUT2D eigenvalue weighted by molar-refractivity contribution is 4.77. The first-order valence-electron chi connectivity index (χ1n) is 5.84. The molecule has 0 bridgehead atoms. The summed E-state index contributed by atoms with van der Waals surface area (Å²) in [5.74, 6) is 0.567. The molecule has 0 aromatic heterocycles. The molecule has 0 aromatic carbocycles. The molecular formula is C11H21NO2. The van der Waals surface area contributed by atoms with Gasteiger partial charge < -0.3 is 9.84 Å². The third-order valence-corrected chi connectivity index (χ3v) is 3.54. The summed E-state index contributed by atoms with van der Waals surface area (Å²) in [5.41, 5.74) is 0. The number of morpholine rings is 1. The lowest BCUT2D eigenvalue weighted by Gasteiger charge is -2.28. The molecule has 1 aliphatic heterocycles. The number of hydrogen-bond acceptors (Lipinski definition) is 3. The molecule has 2 aliphatic rings. The van der Waals surface area contributed by atoms with Crippen molar-refractivity contribution < 1.29 is 9.84 Å². The Hall–Kier alpha value is -0.120. The molecule has 1 saturated heterocycles. The third kappa shape index (κ3) is 2.69. The summed E-state index contributed by atoms with van der Waals surface area (Å²) in [6.45, 7) is 5.05. The highest BCUT2D eigenvalue weighted by atomic mass is 16.5. The van der Waals surface area contributed by atoms with Crippen LogP contribution in [-0.4, -0.2) is 49.0 Å². The molecule has 3 heteroatoms. The highest BCUT2D eigenvalue weighted by Crippen LogP contribution is 2.28. The van der Waals surface area contributed by atoms with E-state index in [-0.39, 0.29) is 6.10 Å². The van der Waals surface area contributed by atoms with Gasteiger partial charge >= 0.3 is 0 Å². The average Bonchev–Trinajstić information content (AvgIpc) is 2.63. The maximum Gasteiger partial charge on any atom is 0.0594 e. The van der Waals surface area contributed by atoms with Crippen molar-refractivity contribution in [1.82, 2.24) is 4.90 Å². The molecule has 2 fully saturated rings. The SMILES string of the molecule is OC1CCCC1CCN1CCOCC1. The summed E-state index contributed by atoms with van der Waals surface area (Å²) in [5, 5.41) is 9.68. The van der Waals surface area contributed by atoms with E-state index >= 15 is 0 Å². The lowest BCUT2D eigenvalue weighted by Crippen LogP contribution is -2.37. The second kappa shape index (κ2) is 5.10. The first-order valence-corrected chi connectivity index (χ1v) is 5.84. The van der Waals surface area contributed by atoms with Gasteiger partial charge in [0.1, 0.15) is 0 Å². The zero-order valence-electron chi connectivity index (χ0n) is 8.82. The van der Waals surface area contributed by atoms with Crippen LogP contribution in [0, 0.1) is 5.92 Å². The fourth-order valence-electron chi connectivity index (χ4n) is 2.53. The standard InChI is InChI=1S/C11H21NO2/c13-11-3-1-2-10(11)4-5-12-6-8-14-9-7-12/h10-11,13H,1-9H2. The first-order chi connectivity index (χ1) is 6.86. The number of hydrogen-bond donors (Lipinski definition) is 1. The molecule has 82 valence electrons. The molecule has 2 rings (SSSR count). The van der Waals surface area contributed by atoms with Crippen LogP contribution in [-0.2, 0) is 4.74 Å². The van der Waals surface area contributed by atoms with E-state index in [1.165, 1.54) is 19.3 Å². The summed E-state index contributed by atoms with van der Waals surface area (Å²) >= 11 is 0. The number of aliphatic hydroxyl groups is 1. The van der Waals surface area contributed by atoms with Crippen LogP contribution >= 0.6 is 0 Å². The Labute approximate surface area is 86.0 Å². The van der Waals surface area contributed by atoms with Gasteiger partial charge in [0.2, 0.25) is 0 Å². The fourth-order valence-corrected chi connectivity index (χ4v) is 2.53. The van der Waals surface area contributed by atoms with Crippen LogP contribution in [0.25, 0.3) is 0 Å². The summed E-state index contributed by atoms with van der Waals surface area (Å²) < 4.78 is 5.30. The molecule has 3 nitrogen and oxygen atoms in total. The summed E-state index contributed by atoms with van der Waals surface area (Å²) in [7, 11) is 0. The van der Waals surface area contributed by atoms with Gasteiger partial charge in [-0.15, -0.1) is 0 Å². The van der Waals surface area contributed by atoms with Crippen molar-refractivity contribution in [3.8, 4) is 0 Å². The number of ether oxygens (including phenoxy) is 1. The van der Waals surface area contributed by atoms with Crippen molar-refractivity contribution in [3.05, 3.63) is 0 Å². The highest BCUT2D eigenvalue weighted by Gasteiger charge is 2.25. The molecular weight excluding hydrogens is 178 g/mol. The van der Waals surface area contributed by atoms with Crippen LogP contribution in [0.15, 0.2) is 0 Å². The van der Waals surface area contributed by atoms with Gasteiger partial charge in [0.25, 0.3) is 0 Å². The van der Waals surface area contributed by atoms with E-state index in [4.69, 9.17) is 4.74 Å². The third-order valence-electron chi connectivity index (χ3n) is 3.54. The van der Waals surface area contributed by atoms with Gasteiger partial charge in [-0.2, -0.15) is 0 Å². The molecule has 0 spiro atoms. The second-order valence-electron chi connectivity index (χ2n) is 4.50. The first kappa shape index (κ1) is 10.4. The Balaban J connectivity index is 1.65. The van der Waals surface area contributed by atoms with E-state index in [9.17, 15) is 5.11 Å². The van der Waals surface area contributed by atoms with Gasteiger partial charge in [0.05, 0.1) is 19.3 Å². The number of aliphatic hydroxyl groups excluding tert-OH is 1. The van der Waals surface area contributed by atoms with Gasteiger partial charge in [-0.3, -0.25) is 4.90 Å². The zero-order chi connectivity index (χ0) is 9.80.